The summed E-state index contributed by atoms with van der Waals surface area (Å²) in [5.74, 6) is -1.48. The molecule has 0 saturated carbocycles. The van der Waals surface area contributed by atoms with E-state index in [-0.39, 0.29) is 27.2 Å². The third kappa shape index (κ3) is 6.33. The number of amides is 2. The quantitative estimate of drug-likeness (QED) is 0.258. The minimum atomic E-state index is -4.72. The lowest BCUT2D eigenvalue weighted by molar-refractivity contribution is -0.137. The Kier molecular flexibility index (Phi) is 8.04. The van der Waals surface area contributed by atoms with Crippen molar-refractivity contribution in [1.29, 1.82) is 0 Å². The van der Waals surface area contributed by atoms with Crippen molar-refractivity contribution in [1.82, 2.24) is 30.2 Å². The average Bonchev–Trinajstić information content (AvgIpc) is 3.37. The van der Waals surface area contributed by atoms with Crippen LogP contribution < -0.4 is 16.0 Å². The van der Waals surface area contributed by atoms with E-state index in [1.165, 1.54) is 12.5 Å². The van der Waals surface area contributed by atoms with Gasteiger partial charge in [0.25, 0.3) is 11.8 Å². The SMILES string of the molecule is CC(NC(=O)c1ncnc(Nc2ccncc2)c1Cl)c1ncc(C(=O)Nc2cc(C(F)(F)F)c(Cl)cn2)s1. The zero-order valence-electron chi connectivity index (χ0n) is 19.0. The minimum Gasteiger partial charge on any atom is -0.342 e. The molecular weight excluding hydrogens is 568 g/mol. The molecule has 0 aromatic carbocycles. The van der Waals surface area contributed by atoms with Gasteiger partial charge >= 0.3 is 6.18 Å². The normalized spacial score (nSPS) is 12.1. The Morgan fingerprint density at radius 2 is 1.76 bits per heavy atom. The first-order chi connectivity index (χ1) is 18.0. The predicted octanol–water partition coefficient (Wildman–Crippen LogP) is 5.54. The molecule has 4 aromatic heterocycles. The van der Waals surface area contributed by atoms with Crippen molar-refractivity contribution < 1.29 is 22.8 Å². The molecule has 0 spiro atoms. The first kappa shape index (κ1) is 27.2. The van der Waals surface area contributed by atoms with Crippen molar-refractivity contribution in [3.05, 3.63) is 80.5 Å². The molecular formula is C22H15Cl2F3N8O2S. The second-order valence-corrected chi connectivity index (χ2v) is 9.35. The number of nitrogens with one attached hydrogen (secondary N) is 3. The number of anilines is 3. The smallest absolute Gasteiger partial charge is 0.342 e. The van der Waals surface area contributed by atoms with Gasteiger partial charge in [0.2, 0.25) is 0 Å². The molecule has 196 valence electrons. The number of halogens is 5. The third-order valence-electron chi connectivity index (χ3n) is 4.82. The Labute approximate surface area is 226 Å². The highest BCUT2D eigenvalue weighted by atomic mass is 35.5. The van der Waals surface area contributed by atoms with Crippen LogP contribution in [0, 0.1) is 0 Å². The zero-order valence-corrected chi connectivity index (χ0v) is 21.4. The summed E-state index contributed by atoms with van der Waals surface area (Å²) in [6.07, 6.45) is 1.63. The van der Waals surface area contributed by atoms with Crippen LogP contribution in [0.25, 0.3) is 0 Å². The van der Waals surface area contributed by atoms with Gasteiger partial charge in [-0.15, -0.1) is 11.3 Å². The Morgan fingerprint density at radius 1 is 1.03 bits per heavy atom. The standard InChI is InChI=1S/C22H15Cl2F3N8O2S/c1-10(33-20(37)17-16(24)18(32-9-31-17)34-11-2-4-28-5-3-11)21-30-8-14(38-21)19(36)35-15-6-12(22(25,26)27)13(23)7-29-15/h2-10H,1H3,(H,33,37)(H,29,35,36)(H,28,31,32,34). The van der Waals surface area contributed by atoms with Crippen molar-refractivity contribution in [3.63, 3.8) is 0 Å². The summed E-state index contributed by atoms with van der Waals surface area (Å²) in [4.78, 5) is 45.2. The van der Waals surface area contributed by atoms with Gasteiger partial charge in [0.1, 0.15) is 27.1 Å². The first-order valence-electron chi connectivity index (χ1n) is 10.5. The van der Waals surface area contributed by atoms with Gasteiger partial charge in [0.05, 0.1) is 22.8 Å². The van der Waals surface area contributed by atoms with E-state index in [0.717, 1.165) is 17.5 Å². The average molecular weight is 583 g/mol. The number of alkyl halides is 3. The van der Waals surface area contributed by atoms with Gasteiger partial charge in [-0.25, -0.2) is 19.9 Å². The van der Waals surface area contributed by atoms with E-state index in [1.807, 2.05) is 0 Å². The Bertz CT molecular complexity index is 1490. The van der Waals surface area contributed by atoms with Crippen LogP contribution in [-0.2, 0) is 6.18 Å². The summed E-state index contributed by atoms with van der Waals surface area (Å²) >= 11 is 12.8. The van der Waals surface area contributed by atoms with Gasteiger partial charge in [-0.2, -0.15) is 13.2 Å². The molecule has 0 aliphatic carbocycles. The monoisotopic (exact) mass is 582 g/mol. The minimum absolute atomic E-state index is 0.0121. The van der Waals surface area contributed by atoms with E-state index < -0.39 is 34.6 Å². The molecule has 1 atom stereocenters. The van der Waals surface area contributed by atoms with Gasteiger partial charge in [0, 0.05) is 24.3 Å². The number of carbonyl (C=O) groups excluding carboxylic acids is 2. The maximum absolute atomic E-state index is 13.1. The van der Waals surface area contributed by atoms with Crippen molar-refractivity contribution in [3.8, 4) is 0 Å². The van der Waals surface area contributed by atoms with E-state index in [0.29, 0.717) is 16.8 Å². The summed E-state index contributed by atoms with van der Waals surface area (Å²) in [6.45, 7) is 1.63. The third-order valence-corrected chi connectivity index (χ3v) is 6.65. The van der Waals surface area contributed by atoms with Gasteiger partial charge in [-0.1, -0.05) is 23.2 Å². The molecule has 2 amide bonds. The number of hydrogen-bond acceptors (Lipinski definition) is 9. The fourth-order valence-corrected chi connectivity index (χ4v) is 4.27. The van der Waals surface area contributed by atoms with Crippen molar-refractivity contribution in [2.75, 3.05) is 10.6 Å². The lowest BCUT2D eigenvalue weighted by Gasteiger charge is -2.13. The van der Waals surface area contributed by atoms with E-state index >= 15 is 0 Å². The highest BCUT2D eigenvalue weighted by molar-refractivity contribution is 7.13. The van der Waals surface area contributed by atoms with E-state index in [4.69, 9.17) is 23.2 Å². The highest BCUT2D eigenvalue weighted by Gasteiger charge is 2.34. The second kappa shape index (κ2) is 11.2. The molecule has 4 rings (SSSR count). The number of thiazole rings is 1. The molecule has 4 aromatic rings. The second-order valence-electron chi connectivity index (χ2n) is 7.50. The molecule has 0 radical (unpaired) electrons. The van der Waals surface area contributed by atoms with Crippen molar-refractivity contribution in [2.45, 2.75) is 19.1 Å². The Hall–Kier alpha value is -3.88. The first-order valence-corrected chi connectivity index (χ1v) is 12.1. The molecule has 0 aliphatic rings. The van der Waals surface area contributed by atoms with Crippen LogP contribution in [0.5, 0.6) is 0 Å². The molecule has 38 heavy (non-hydrogen) atoms. The number of rotatable bonds is 7. The van der Waals surface area contributed by atoms with Gasteiger partial charge in [0.15, 0.2) is 11.5 Å². The van der Waals surface area contributed by atoms with Crippen LogP contribution in [0.4, 0.5) is 30.5 Å². The number of aromatic nitrogens is 5. The summed E-state index contributed by atoms with van der Waals surface area (Å²) < 4.78 is 39.2. The summed E-state index contributed by atoms with van der Waals surface area (Å²) in [5.41, 5.74) is -0.570. The summed E-state index contributed by atoms with van der Waals surface area (Å²) in [6, 6.07) is 3.35. The van der Waals surface area contributed by atoms with Crippen molar-refractivity contribution >= 4 is 63.7 Å². The molecule has 0 saturated heterocycles. The number of hydrogen-bond donors (Lipinski definition) is 3. The molecule has 3 N–H and O–H groups in total. The molecule has 0 bridgehead atoms. The highest BCUT2D eigenvalue weighted by Crippen LogP contribution is 2.35. The van der Waals surface area contributed by atoms with Crippen LogP contribution in [0.1, 0.15) is 43.7 Å². The molecule has 10 nitrogen and oxygen atoms in total. The maximum Gasteiger partial charge on any atom is 0.418 e. The Morgan fingerprint density at radius 3 is 2.47 bits per heavy atom. The van der Waals surface area contributed by atoms with Crippen LogP contribution in [0.3, 0.4) is 0 Å². The van der Waals surface area contributed by atoms with Crippen LogP contribution >= 0.6 is 34.5 Å². The van der Waals surface area contributed by atoms with Crippen LogP contribution in [0.15, 0.2) is 49.3 Å². The zero-order chi connectivity index (χ0) is 27.4. The number of carbonyl (C=O) groups is 2. The molecule has 4 heterocycles. The van der Waals surface area contributed by atoms with Crippen LogP contribution in [0.2, 0.25) is 10.0 Å². The fraction of sp³-hybridized carbons (Fsp3) is 0.136. The molecule has 0 fully saturated rings. The van der Waals surface area contributed by atoms with Gasteiger partial charge in [-0.05, 0) is 25.1 Å². The lowest BCUT2D eigenvalue weighted by atomic mass is 10.2. The lowest BCUT2D eigenvalue weighted by Crippen LogP contribution is -2.28. The number of pyridine rings is 2. The van der Waals surface area contributed by atoms with E-state index in [9.17, 15) is 22.8 Å². The van der Waals surface area contributed by atoms with E-state index in [1.54, 1.807) is 31.5 Å². The molecule has 16 heteroatoms. The number of nitrogens with zero attached hydrogens (tertiary/aromatic N) is 5. The predicted molar refractivity (Wildman–Crippen MR) is 135 cm³/mol. The molecule has 0 aliphatic heterocycles. The van der Waals surface area contributed by atoms with E-state index in [2.05, 4.69) is 40.9 Å². The van der Waals surface area contributed by atoms with Gasteiger partial charge < -0.3 is 16.0 Å². The Balaban J connectivity index is 1.43. The summed E-state index contributed by atoms with van der Waals surface area (Å²) in [7, 11) is 0. The van der Waals surface area contributed by atoms with Crippen LogP contribution in [-0.4, -0.2) is 36.7 Å². The topological polar surface area (TPSA) is 135 Å². The molecule has 1 unspecified atom stereocenters. The maximum atomic E-state index is 13.1. The van der Waals surface area contributed by atoms with Gasteiger partial charge in [-0.3, -0.25) is 14.6 Å². The largest absolute Gasteiger partial charge is 0.418 e. The van der Waals surface area contributed by atoms with Crippen molar-refractivity contribution in [2.24, 2.45) is 0 Å². The fourth-order valence-electron chi connectivity index (χ4n) is 3.01. The summed E-state index contributed by atoms with van der Waals surface area (Å²) in [5, 5.41) is 7.68.